The van der Waals surface area contributed by atoms with Gasteiger partial charge in [-0.25, -0.2) is 0 Å². The van der Waals surface area contributed by atoms with Crippen LogP contribution in [0.3, 0.4) is 0 Å². The Morgan fingerprint density at radius 2 is 2.31 bits per heavy atom. The van der Waals surface area contributed by atoms with Crippen LogP contribution in [0.25, 0.3) is 0 Å². The van der Waals surface area contributed by atoms with E-state index < -0.39 is 5.60 Å². The van der Waals surface area contributed by atoms with E-state index in [1.165, 1.54) is 12.8 Å². The summed E-state index contributed by atoms with van der Waals surface area (Å²) in [6.45, 7) is 6.32. The Morgan fingerprint density at radius 1 is 1.54 bits per heavy atom. The molecule has 1 heterocycles. The van der Waals surface area contributed by atoms with Gasteiger partial charge in [0.15, 0.2) is 0 Å². The zero-order chi connectivity index (χ0) is 9.73. The van der Waals surface area contributed by atoms with Gasteiger partial charge in [0.25, 0.3) is 0 Å². The lowest BCUT2D eigenvalue weighted by Crippen LogP contribution is -2.46. The van der Waals surface area contributed by atoms with Crippen molar-refractivity contribution in [2.75, 3.05) is 13.1 Å². The van der Waals surface area contributed by atoms with Gasteiger partial charge in [-0.2, -0.15) is 0 Å². The molecule has 0 bridgehead atoms. The fraction of sp³-hybridized carbons (Fsp3) is 1.00. The van der Waals surface area contributed by atoms with Gasteiger partial charge in [-0.3, -0.25) is 0 Å². The van der Waals surface area contributed by atoms with E-state index in [2.05, 4.69) is 19.2 Å². The van der Waals surface area contributed by atoms with Gasteiger partial charge >= 0.3 is 0 Å². The summed E-state index contributed by atoms with van der Waals surface area (Å²) < 4.78 is 0. The van der Waals surface area contributed by atoms with Crippen molar-refractivity contribution < 1.29 is 5.11 Å². The summed E-state index contributed by atoms with van der Waals surface area (Å²) in [6, 6.07) is 0. The van der Waals surface area contributed by atoms with Gasteiger partial charge in [0.05, 0.1) is 5.60 Å². The maximum absolute atomic E-state index is 10.2. The minimum Gasteiger partial charge on any atom is -0.389 e. The first-order chi connectivity index (χ1) is 6.16. The van der Waals surface area contributed by atoms with Crippen LogP contribution in [0.4, 0.5) is 0 Å². The second kappa shape index (κ2) is 4.97. The van der Waals surface area contributed by atoms with Crippen molar-refractivity contribution in [3.63, 3.8) is 0 Å². The number of nitrogens with one attached hydrogen (secondary N) is 1. The van der Waals surface area contributed by atoms with Gasteiger partial charge in [-0.1, -0.05) is 26.7 Å². The van der Waals surface area contributed by atoms with Crippen LogP contribution < -0.4 is 5.32 Å². The Kier molecular flexibility index (Phi) is 4.20. The van der Waals surface area contributed by atoms with Gasteiger partial charge < -0.3 is 10.4 Å². The Labute approximate surface area is 81.7 Å². The van der Waals surface area contributed by atoms with E-state index in [4.69, 9.17) is 0 Å². The van der Waals surface area contributed by atoms with Gasteiger partial charge in [0.1, 0.15) is 0 Å². The molecule has 0 aromatic heterocycles. The zero-order valence-corrected chi connectivity index (χ0v) is 8.97. The van der Waals surface area contributed by atoms with E-state index in [0.717, 1.165) is 32.4 Å². The Hall–Kier alpha value is -0.0800. The molecule has 0 saturated carbocycles. The Bertz CT molecular complexity index is 141. The van der Waals surface area contributed by atoms with Gasteiger partial charge in [-0.05, 0) is 31.7 Å². The molecular weight excluding hydrogens is 162 g/mol. The minimum atomic E-state index is -0.410. The molecule has 0 amide bonds. The highest BCUT2D eigenvalue weighted by atomic mass is 16.3. The average Bonchev–Trinajstić information content (AvgIpc) is 2.04. The molecule has 2 atom stereocenters. The summed E-state index contributed by atoms with van der Waals surface area (Å²) in [6.07, 6.45) is 5.53. The predicted molar refractivity (Wildman–Crippen MR) is 55.7 cm³/mol. The molecule has 78 valence electrons. The summed E-state index contributed by atoms with van der Waals surface area (Å²) in [5, 5.41) is 13.5. The minimum absolute atomic E-state index is 0.410. The van der Waals surface area contributed by atoms with Gasteiger partial charge in [0.2, 0.25) is 0 Å². The first-order valence-electron chi connectivity index (χ1n) is 5.59. The highest BCUT2D eigenvalue weighted by Gasteiger charge is 2.30. The van der Waals surface area contributed by atoms with Crippen molar-refractivity contribution in [1.29, 1.82) is 0 Å². The van der Waals surface area contributed by atoms with Crippen LogP contribution >= 0.6 is 0 Å². The highest BCUT2D eigenvalue weighted by molar-refractivity contribution is 4.86. The lowest BCUT2D eigenvalue weighted by Gasteiger charge is -2.34. The molecule has 2 unspecified atom stereocenters. The summed E-state index contributed by atoms with van der Waals surface area (Å²) in [4.78, 5) is 0. The molecule has 0 spiro atoms. The van der Waals surface area contributed by atoms with E-state index in [-0.39, 0.29) is 0 Å². The SMILES string of the molecule is CCCC(C)CC1(O)CCCNC1. The first-order valence-corrected chi connectivity index (χ1v) is 5.59. The van der Waals surface area contributed by atoms with Crippen molar-refractivity contribution in [1.82, 2.24) is 5.32 Å². The largest absolute Gasteiger partial charge is 0.389 e. The van der Waals surface area contributed by atoms with Crippen LogP contribution in [-0.2, 0) is 0 Å². The molecule has 1 aliphatic heterocycles. The molecule has 0 aliphatic carbocycles. The van der Waals surface area contributed by atoms with Crippen LogP contribution in [0.2, 0.25) is 0 Å². The molecule has 2 heteroatoms. The number of piperidine rings is 1. The van der Waals surface area contributed by atoms with Crippen LogP contribution in [-0.4, -0.2) is 23.8 Å². The van der Waals surface area contributed by atoms with Crippen molar-refractivity contribution >= 4 is 0 Å². The number of hydrogen-bond acceptors (Lipinski definition) is 2. The first kappa shape index (κ1) is 11.0. The summed E-state index contributed by atoms with van der Waals surface area (Å²) in [5.41, 5.74) is -0.410. The molecule has 1 fully saturated rings. The monoisotopic (exact) mass is 185 g/mol. The molecule has 1 rings (SSSR count). The van der Waals surface area contributed by atoms with E-state index >= 15 is 0 Å². The summed E-state index contributed by atoms with van der Waals surface area (Å²) in [7, 11) is 0. The highest BCUT2D eigenvalue weighted by Crippen LogP contribution is 2.26. The number of aliphatic hydroxyl groups is 1. The standard InChI is InChI=1S/C11H23NO/c1-3-5-10(2)8-11(13)6-4-7-12-9-11/h10,12-13H,3-9H2,1-2H3. The predicted octanol–water partition coefficient (Wildman–Crippen LogP) is 1.93. The van der Waals surface area contributed by atoms with E-state index in [1.54, 1.807) is 0 Å². The van der Waals surface area contributed by atoms with Crippen LogP contribution in [0.1, 0.15) is 46.0 Å². The van der Waals surface area contributed by atoms with Crippen molar-refractivity contribution in [3.8, 4) is 0 Å². The van der Waals surface area contributed by atoms with Crippen molar-refractivity contribution in [2.45, 2.75) is 51.6 Å². The number of β-amino-alcohol motifs (C(OH)–C–C–N with tert-alkyl or cyclic N) is 1. The van der Waals surface area contributed by atoms with E-state index in [9.17, 15) is 5.11 Å². The summed E-state index contributed by atoms with van der Waals surface area (Å²) >= 11 is 0. The lowest BCUT2D eigenvalue weighted by molar-refractivity contribution is -0.00474. The third-order valence-corrected chi connectivity index (χ3v) is 2.96. The molecule has 0 radical (unpaired) electrons. The molecule has 1 saturated heterocycles. The topological polar surface area (TPSA) is 32.3 Å². The lowest BCUT2D eigenvalue weighted by atomic mass is 9.84. The molecule has 1 aliphatic rings. The fourth-order valence-corrected chi connectivity index (χ4v) is 2.37. The summed E-state index contributed by atoms with van der Waals surface area (Å²) in [5.74, 6) is 0.662. The Balaban J connectivity index is 2.31. The van der Waals surface area contributed by atoms with Gasteiger partial charge in [0, 0.05) is 6.54 Å². The van der Waals surface area contributed by atoms with Crippen LogP contribution in [0.5, 0.6) is 0 Å². The zero-order valence-electron chi connectivity index (χ0n) is 8.97. The van der Waals surface area contributed by atoms with Crippen molar-refractivity contribution in [3.05, 3.63) is 0 Å². The maximum Gasteiger partial charge on any atom is 0.0774 e. The normalized spacial score (nSPS) is 31.6. The molecule has 2 nitrogen and oxygen atoms in total. The van der Waals surface area contributed by atoms with Crippen LogP contribution in [0.15, 0.2) is 0 Å². The molecule has 13 heavy (non-hydrogen) atoms. The van der Waals surface area contributed by atoms with E-state index in [1.807, 2.05) is 0 Å². The average molecular weight is 185 g/mol. The van der Waals surface area contributed by atoms with Crippen molar-refractivity contribution in [2.24, 2.45) is 5.92 Å². The van der Waals surface area contributed by atoms with Gasteiger partial charge in [-0.15, -0.1) is 0 Å². The fourth-order valence-electron chi connectivity index (χ4n) is 2.37. The number of rotatable bonds is 4. The molecule has 0 aromatic carbocycles. The third-order valence-electron chi connectivity index (χ3n) is 2.96. The maximum atomic E-state index is 10.2. The second-order valence-electron chi connectivity index (χ2n) is 4.60. The van der Waals surface area contributed by atoms with Crippen LogP contribution in [0, 0.1) is 5.92 Å². The molecule has 2 N–H and O–H groups in total. The number of hydrogen-bond donors (Lipinski definition) is 2. The second-order valence-corrected chi connectivity index (χ2v) is 4.60. The third kappa shape index (κ3) is 3.65. The quantitative estimate of drug-likeness (QED) is 0.701. The Morgan fingerprint density at radius 3 is 2.85 bits per heavy atom. The smallest absolute Gasteiger partial charge is 0.0774 e. The molecular formula is C11H23NO. The van der Waals surface area contributed by atoms with E-state index in [0.29, 0.717) is 5.92 Å². The molecule has 0 aromatic rings.